The van der Waals surface area contributed by atoms with Gasteiger partial charge in [0.15, 0.2) is 8.32 Å². The fourth-order valence-electron chi connectivity index (χ4n) is 1.23. The predicted octanol–water partition coefficient (Wildman–Crippen LogP) is 2.35. The molecule has 1 rings (SSSR count). The minimum Gasteiger partial charge on any atom is -0.412 e. The van der Waals surface area contributed by atoms with Crippen molar-refractivity contribution < 1.29 is 9.16 Å². The molecule has 0 spiro atoms. The lowest BCUT2D eigenvalue weighted by Gasteiger charge is -2.25. The van der Waals surface area contributed by atoms with Crippen LogP contribution < -0.4 is 0 Å². The molecule has 1 aliphatic heterocycles. The molecule has 0 atom stereocenters. The monoisotopic (exact) mass is 222 g/mol. The predicted molar refractivity (Wildman–Crippen MR) is 65.1 cm³/mol. The molecule has 0 saturated heterocycles. The van der Waals surface area contributed by atoms with Crippen LogP contribution in [-0.2, 0) is 9.16 Å². The fourth-order valence-corrected chi connectivity index (χ4v) is 2.63. The Balaban J connectivity index is 2.54. The minimum atomic E-state index is -1.39. The highest BCUT2D eigenvalue weighted by atomic mass is 28.4. The van der Waals surface area contributed by atoms with E-state index in [0.717, 1.165) is 17.2 Å². The summed E-state index contributed by atoms with van der Waals surface area (Å²) < 4.78 is 10.7. The average molecular weight is 222 g/mol. The summed E-state index contributed by atoms with van der Waals surface area (Å²) in [6, 6.07) is 1.05. The fraction of sp³-hybridized carbons (Fsp3) is 0.500. The Morgan fingerprint density at radius 1 is 1.67 bits per heavy atom. The topological polar surface area (TPSA) is 18.5 Å². The Labute approximate surface area is 93.1 Å². The Kier molecular flexibility index (Phi) is 4.34. The van der Waals surface area contributed by atoms with Gasteiger partial charge in [-0.05, 0) is 19.1 Å². The zero-order chi connectivity index (χ0) is 11.3. The molecule has 0 radical (unpaired) electrons. The van der Waals surface area contributed by atoms with Gasteiger partial charge in [-0.15, -0.1) is 0 Å². The first kappa shape index (κ1) is 12.2. The summed E-state index contributed by atoms with van der Waals surface area (Å²) in [6.45, 7) is 9.40. The van der Waals surface area contributed by atoms with Crippen molar-refractivity contribution in [1.29, 1.82) is 0 Å². The quantitative estimate of drug-likeness (QED) is 0.527. The van der Waals surface area contributed by atoms with Gasteiger partial charge in [0, 0.05) is 18.3 Å². The van der Waals surface area contributed by atoms with Gasteiger partial charge in [-0.1, -0.05) is 24.5 Å². The molecule has 0 fully saturated rings. The van der Waals surface area contributed by atoms with E-state index in [2.05, 4.69) is 37.6 Å². The molecule has 3 heteroatoms. The van der Waals surface area contributed by atoms with Crippen molar-refractivity contribution in [3.63, 3.8) is 0 Å². The second-order valence-corrected chi connectivity index (χ2v) is 8.48. The standard InChI is InChI=1S/C12H18O2Si/c1-11(9-13-2)5-6-12-7-8-15(3,4)14-10-12/h7H,1,8-10H2,2-4H3. The normalized spacial score (nSPS) is 18.7. The van der Waals surface area contributed by atoms with E-state index < -0.39 is 8.32 Å². The Hall–Kier alpha value is -0.823. The van der Waals surface area contributed by atoms with Crippen molar-refractivity contribution in [2.45, 2.75) is 19.1 Å². The van der Waals surface area contributed by atoms with E-state index in [9.17, 15) is 0 Å². The van der Waals surface area contributed by atoms with E-state index in [1.807, 2.05) is 0 Å². The Morgan fingerprint density at radius 3 is 2.93 bits per heavy atom. The van der Waals surface area contributed by atoms with Crippen LogP contribution in [0.25, 0.3) is 0 Å². The largest absolute Gasteiger partial charge is 0.412 e. The molecule has 0 bridgehead atoms. The third kappa shape index (κ3) is 4.48. The Morgan fingerprint density at radius 2 is 2.40 bits per heavy atom. The van der Waals surface area contributed by atoms with Crippen LogP contribution in [0.1, 0.15) is 0 Å². The molecule has 0 N–H and O–H groups in total. The number of hydrogen-bond acceptors (Lipinski definition) is 2. The van der Waals surface area contributed by atoms with Crippen molar-refractivity contribution in [2.24, 2.45) is 0 Å². The van der Waals surface area contributed by atoms with Crippen LogP contribution in [0.5, 0.6) is 0 Å². The molecule has 0 aliphatic carbocycles. The van der Waals surface area contributed by atoms with Crippen LogP contribution in [-0.4, -0.2) is 28.6 Å². The summed E-state index contributed by atoms with van der Waals surface area (Å²) in [4.78, 5) is 0. The van der Waals surface area contributed by atoms with Gasteiger partial charge in [0.25, 0.3) is 0 Å². The number of hydrogen-bond donors (Lipinski definition) is 0. The molecule has 0 aromatic rings. The van der Waals surface area contributed by atoms with Crippen molar-refractivity contribution in [2.75, 3.05) is 20.3 Å². The lowest BCUT2D eigenvalue weighted by molar-refractivity contribution is 0.229. The van der Waals surface area contributed by atoms with Crippen molar-refractivity contribution >= 4 is 8.32 Å². The van der Waals surface area contributed by atoms with Gasteiger partial charge in [0.1, 0.15) is 0 Å². The van der Waals surface area contributed by atoms with Crippen molar-refractivity contribution in [3.8, 4) is 11.8 Å². The summed E-state index contributed by atoms with van der Waals surface area (Å²) in [6.07, 6.45) is 2.20. The van der Waals surface area contributed by atoms with Crippen molar-refractivity contribution in [1.82, 2.24) is 0 Å². The third-order valence-corrected chi connectivity index (χ3v) is 4.29. The van der Waals surface area contributed by atoms with Crippen LogP contribution in [0.15, 0.2) is 23.8 Å². The van der Waals surface area contributed by atoms with Crippen LogP contribution in [0.2, 0.25) is 19.1 Å². The molecule has 0 aromatic carbocycles. The first-order valence-corrected chi connectivity index (χ1v) is 8.17. The van der Waals surface area contributed by atoms with E-state index >= 15 is 0 Å². The zero-order valence-electron chi connectivity index (χ0n) is 9.72. The van der Waals surface area contributed by atoms with E-state index in [1.165, 1.54) is 0 Å². The summed E-state index contributed by atoms with van der Waals surface area (Å²) in [7, 11) is 0.248. The molecule has 1 heterocycles. The number of methoxy groups -OCH3 is 1. The highest BCUT2D eigenvalue weighted by Gasteiger charge is 2.24. The molecule has 1 aliphatic rings. The summed E-state index contributed by atoms with van der Waals surface area (Å²) in [5.74, 6) is 6.05. The second kappa shape index (κ2) is 5.31. The minimum absolute atomic E-state index is 0.501. The second-order valence-electron chi connectivity index (χ2n) is 4.27. The van der Waals surface area contributed by atoms with Crippen LogP contribution in [0.3, 0.4) is 0 Å². The molecular formula is C12H18O2Si. The lowest BCUT2D eigenvalue weighted by Crippen LogP contribution is -2.33. The lowest BCUT2D eigenvalue weighted by atomic mass is 10.2. The van der Waals surface area contributed by atoms with Gasteiger partial charge in [0.2, 0.25) is 0 Å². The molecule has 0 aromatic heterocycles. The van der Waals surface area contributed by atoms with E-state index in [0.29, 0.717) is 13.2 Å². The maximum atomic E-state index is 5.78. The van der Waals surface area contributed by atoms with Gasteiger partial charge in [0.05, 0.1) is 13.2 Å². The smallest absolute Gasteiger partial charge is 0.191 e. The van der Waals surface area contributed by atoms with Gasteiger partial charge in [-0.25, -0.2) is 0 Å². The maximum Gasteiger partial charge on any atom is 0.191 e. The van der Waals surface area contributed by atoms with Gasteiger partial charge < -0.3 is 9.16 Å². The molecule has 0 unspecified atom stereocenters. The summed E-state index contributed by atoms with van der Waals surface area (Å²) >= 11 is 0. The van der Waals surface area contributed by atoms with Crippen LogP contribution in [0, 0.1) is 11.8 Å². The number of allylic oxidation sites excluding steroid dienone is 1. The SMILES string of the molecule is C=C(C#CC1=CC[Si](C)(C)OC1)COC. The number of rotatable bonds is 2. The third-order valence-electron chi connectivity index (χ3n) is 2.18. The molecule has 0 saturated carbocycles. The Bertz CT molecular complexity index is 331. The molecule has 15 heavy (non-hydrogen) atoms. The van der Waals surface area contributed by atoms with Crippen LogP contribution >= 0.6 is 0 Å². The van der Waals surface area contributed by atoms with Crippen molar-refractivity contribution in [3.05, 3.63) is 23.8 Å². The average Bonchev–Trinajstić information content (AvgIpc) is 2.17. The first-order valence-electron chi connectivity index (χ1n) is 5.05. The number of ether oxygens (including phenoxy) is 1. The first-order chi connectivity index (χ1) is 7.03. The molecule has 82 valence electrons. The van der Waals surface area contributed by atoms with E-state index in [-0.39, 0.29) is 0 Å². The molecule has 2 nitrogen and oxygen atoms in total. The van der Waals surface area contributed by atoms with Gasteiger partial charge >= 0.3 is 0 Å². The van der Waals surface area contributed by atoms with Gasteiger partial charge in [-0.3, -0.25) is 0 Å². The van der Waals surface area contributed by atoms with Gasteiger partial charge in [-0.2, -0.15) is 0 Å². The summed E-state index contributed by atoms with van der Waals surface area (Å²) in [5.41, 5.74) is 1.87. The molecule has 0 amide bonds. The highest BCUT2D eigenvalue weighted by Crippen LogP contribution is 2.19. The summed E-state index contributed by atoms with van der Waals surface area (Å²) in [5, 5.41) is 0. The maximum absolute atomic E-state index is 5.78. The van der Waals surface area contributed by atoms with Crippen LogP contribution in [0.4, 0.5) is 0 Å². The molecular weight excluding hydrogens is 204 g/mol. The van der Waals surface area contributed by atoms with E-state index in [1.54, 1.807) is 7.11 Å². The highest BCUT2D eigenvalue weighted by molar-refractivity contribution is 6.71. The zero-order valence-corrected chi connectivity index (χ0v) is 10.7. The van der Waals surface area contributed by atoms with E-state index in [4.69, 9.17) is 9.16 Å².